The number of nitrogens with zero attached hydrogens (tertiary/aromatic N) is 2. The second-order valence-corrected chi connectivity index (χ2v) is 6.65. The lowest BCUT2D eigenvalue weighted by Gasteiger charge is -2.28. The molecule has 0 fully saturated rings. The van der Waals surface area contributed by atoms with E-state index in [0.717, 1.165) is 35.5 Å². The molecule has 1 aliphatic rings. The van der Waals surface area contributed by atoms with Crippen LogP contribution in [0, 0.1) is 5.92 Å². The minimum absolute atomic E-state index is 0.00530. The SMILES string of the molecule is CC(C)CNc1cncc(N2CCc3cc(Cl)ccc3C2=O)c1. The smallest absolute Gasteiger partial charge is 0.258 e. The van der Waals surface area contributed by atoms with Gasteiger partial charge in [-0.3, -0.25) is 9.78 Å². The van der Waals surface area contributed by atoms with E-state index < -0.39 is 0 Å². The predicted molar refractivity (Wildman–Crippen MR) is 94.4 cm³/mol. The van der Waals surface area contributed by atoms with Crippen LogP contribution in [0.25, 0.3) is 0 Å². The van der Waals surface area contributed by atoms with Gasteiger partial charge in [-0.2, -0.15) is 0 Å². The number of rotatable bonds is 4. The van der Waals surface area contributed by atoms with Crippen molar-refractivity contribution in [2.75, 3.05) is 23.3 Å². The van der Waals surface area contributed by atoms with Gasteiger partial charge in [-0.05, 0) is 42.2 Å². The first-order chi connectivity index (χ1) is 11.0. The van der Waals surface area contributed by atoms with Gasteiger partial charge in [0.05, 0.1) is 23.8 Å². The molecule has 0 spiro atoms. The number of carbonyl (C=O) groups is 1. The molecule has 0 unspecified atom stereocenters. The van der Waals surface area contributed by atoms with E-state index in [1.807, 2.05) is 12.1 Å². The molecule has 0 aliphatic carbocycles. The molecule has 1 aromatic heterocycles. The van der Waals surface area contributed by atoms with Crippen LogP contribution < -0.4 is 10.2 Å². The van der Waals surface area contributed by atoms with Crippen molar-refractivity contribution in [3.05, 3.63) is 52.8 Å². The third kappa shape index (κ3) is 3.48. The zero-order valence-corrected chi connectivity index (χ0v) is 14.1. The zero-order valence-electron chi connectivity index (χ0n) is 13.3. The van der Waals surface area contributed by atoms with Gasteiger partial charge >= 0.3 is 0 Å². The number of hydrogen-bond donors (Lipinski definition) is 1. The molecule has 4 nitrogen and oxygen atoms in total. The van der Waals surface area contributed by atoms with Crippen LogP contribution in [-0.2, 0) is 6.42 Å². The molecule has 0 atom stereocenters. The van der Waals surface area contributed by atoms with Crippen molar-refractivity contribution >= 4 is 28.9 Å². The van der Waals surface area contributed by atoms with E-state index in [2.05, 4.69) is 24.1 Å². The average molecular weight is 330 g/mol. The summed E-state index contributed by atoms with van der Waals surface area (Å²) < 4.78 is 0. The van der Waals surface area contributed by atoms with Crippen LogP contribution in [0.5, 0.6) is 0 Å². The second kappa shape index (κ2) is 6.59. The minimum atomic E-state index is 0.00530. The molecule has 1 N–H and O–H groups in total. The number of amides is 1. The van der Waals surface area contributed by atoms with E-state index in [1.54, 1.807) is 29.4 Å². The molecular formula is C18H20ClN3O. The van der Waals surface area contributed by atoms with Crippen molar-refractivity contribution in [2.24, 2.45) is 5.92 Å². The van der Waals surface area contributed by atoms with E-state index in [-0.39, 0.29) is 5.91 Å². The third-order valence-corrected chi connectivity index (χ3v) is 4.13. The molecule has 1 amide bonds. The van der Waals surface area contributed by atoms with Crippen molar-refractivity contribution < 1.29 is 4.79 Å². The zero-order chi connectivity index (χ0) is 16.4. The fourth-order valence-electron chi connectivity index (χ4n) is 2.70. The number of aromatic nitrogens is 1. The van der Waals surface area contributed by atoms with Crippen LogP contribution in [0.3, 0.4) is 0 Å². The second-order valence-electron chi connectivity index (χ2n) is 6.21. The molecule has 0 saturated carbocycles. The number of fused-ring (bicyclic) bond motifs is 1. The van der Waals surface area contributed by atoms with Crippen LogP contribution in [0.2, 0.25) is 5.02 Å². The summed E-state index contributed by atoms with van der Waals surface area (Å²) in [6.45, 7) is 5.82. The van der Waals surface area contributed by atoms with Crippen LogP contribution in [0.15, 0.2) is 36.7 Å². The van der Waals surface area contributed by atoms with Gasteiger partial charge in [0.2, 0.25) is 0 Å². The fourth-order valence-corrected chi connectivity index (χ4v) is 2.89. The highest BCUT2D eigenvalue weighted by Gasteiger charge is 2.25. The lowest BCUT2D eigenvalue weighted by Crippen LogP contribution is -2.37. The normalized spacial score (nSPS) is 14.1. The van der Waals surface area contributed by atoms with Crippen molar-refractivity contribution in [3.63, 3.8) is 0 Å². The van der Waals surface area contributed by atoms with Gasteiger partial charge in [0.15, 0.2) is 0 Å². The van der Waals surface area contributed by atoms with E-state index in [1.165, 1.54) is 0 Å². The molecule has 0 bridgehead atoms. The Morgan fingerprint density at radius 3 is 2.91 bits per heavy atom. The minimum Gasteiger partial charge on any atom is -0.383 e. The van der Waals surface area contributed by atoms with E-state index in [4.69, 9.17) is 11.6 Å². The first-order valence-electron chi connectivity index (χ1n) is 7.84. The molecule has 3 rings (SSSR count). The van der Waals surface area contributed by atoms with Crippen molar-refractivity contribution in [3.8, 4) is 0 Å². The maximum Gasteiger partial charge on any atom is 0.258 e. The highest BCUT2D eigenvalue weighted by atomic mass is 35.5. The van der Waals surface area contributed by atoms with Gasteiger partial charge in [-0.15, -0.1) is 0 Å². The first kappa shape index (κ1) is 15.8. The van der Waals surface area contributed by atoms with Gasteiger partial charge in [-0.1, -0.05) is 25.4 Å². The molecule has 120 valence electrons. The number of anilines is 2. The Morgan fingerprint density at radius 1 is 1.30 bits per heavy atom. The summed E-state index contributed by atoms with van der Waals surface area (Å²) in [6.07, 6.45) is 4.32. The molecule has 5 heteroatoms. The quantitative estimate of drug-likeness (QED) is 0.922. The summed E-state index contributed by atoms with van der Waals surface area (Å²) in [6, 6.07) is 7.43. The third-order valence-electron chi connectivity index (χ3n) is 3.90. The monoisotopic (exact) mass is 329 g/mol. The van der Waals surface area contributed by atoms with Gasteiger partial charge < -0.3 is 10.2 Å². The van der Waals surface area contributed by atoms with E-state index in [9.17, 15) is 4.79 Å². The molecule has 23 heavy (non-hydrogen) atoms. The number of carbonyl (C=O) groups excluding carboxylic acids is 1. The highest BCUT2D eigenvalue weighted by Crippen LogP contribution is 2.27. The van der Waals surface area contributed by atoms with Crippen molar-refractivity contribution in [1.29, 1.82) is 0 Å². The Morgan fingerprint density at radius 2 is 2.13 bits per heavy atom. The summed E-state index contributed by atoms with van der Waals surface area (Å²) in [5.74, 6) is 0.553. The number of nitrogens with one attached hydrogen (secondary N) is 1. The Hall–Kier alpha value is -2.07. The van der Waals surface area contributed by atoms with Crippen LogP contribution in [0.4, 0.5) is 11.4 Å². The first-order valence-corrected chi connectivity index (χ1v) is 8.21. The molecule has 0 radical (unpaired) electrons. The summed E-state index contributed by atoms with van der Waals surface area (Å²) in [7, 11) is 0. The lowest BCUT2D eigenvalue weighted by atomic mass is 9.99. The standard InChI is InChI=1S/C18H20ClN3O/c1-12(2)9-21-15-8-16(11-20-10-15)22-6-5-13-7-14(19)3-4-17(13)18(22)23/h3-4,7-8,10-12,21H,5-6,9H2,1-2H3. The number of halogens is 1. The summed E-state index contributed by atoms with van der Waals surface area (Å²) >= 11 is 6.02. The molecule has 2 heterocycles. The molecule has 2 aromatic rings. The van der Waals surface area contributed by atoms with Crippen LogP contribution in [0.1, 0.15) is 29.8 Å². The van der Waals surface area contributed by atoms with E-state index in [0.29, 0.717) is 17.5 Å². The van der Waals surface area contributed by atoms with Gasteiger partial charge in [0.25, 0.3) is 5.91 Å². The van der Waals surface area contributed by atoms with Gasteiger partial charge in [0, 0.05) is 23.7 Å². The Bertz CT molecular complexity index is 730. The number of pyridine rings is 1. The number of benzene rings is 1. The maximum absolute atomic E-state index is 12.7. The van der Waals surface area contributed by atoms with Crippen LogP contribution >= 0.6 is 11.6 Å². The van der Waals surface area contributed by atoms with Gasteiger partial charge in [-0.25, -0.2) is 0 Å². The highest BCUT2D eigenvalue weighted by molar-refractivity contribution is 6.30. The Labute approximate surface area is 141 Å². The molecule has 1 aromatic carbocycles. The van der Waals surface area contributed by atoms with Gasteiger partial charge in [0.1, 0.15) is 0 Å². The Kier molecular flexibility index (Phi) is 4.53. The lowest BCUT2D eigenvalue weighted by molar-refractivity contribution is 0.0980. The topological polar surface area (TPSA) is 45.2 Å². The fraction of sp³-hybridized carbons (Fsp3) is 0.333. The van der Waals surface area contributed by atoms with Crippen LogP contribution in [-0.4, -0.2) is 24.0 Å². The summed E-state index contributed by atoms with van der Waals surface area (Å²) in [4.78, 5) is 18.8. The molecular weight excluding hydrogens is 310 g/mol. The largest absolute Gasteiger partial charge is 0.383 e. The van der Waals surface area contributed by atoms with E-state index >= 15 is 0 Å². The molecule has 1 aliphatic heterocycles. The molecule has 0 saturated heterocycles. The number of hydrogen-bond acceptors (Lipinski definition) is 3. The summed E-state index contributed by atoms with van der Waals surface area (Å²) in [5, 5.41) is 4.02. The predicted octanol–water partition coefficient (Wildman–Crippen LogP) is 4.01. The van der Waals surface area contributed by atoms with Crippen molar-refractivity contribution in [1.82, 2.24) is 4.98 Å². The average Bonchev–Trinajstić information content (AvgIpc) is 2.53. The summed E-state index contributed by atoms with van der Waals surface area (Å²) in [5.41, 5.74) is 3.50. The Balaban J connectivity index is 1.84. The maximum atomic E-state index is 12.7. The van der Waals surface area contributed by atoms with Crippen molar-refractivity contribution in [2.45, 2.75) is 20.3 Å².